The second-order valence-electron chi connectivity index (χ2n) is 6.09. The summed E-state index contributed by atoms with van der Waals surface area (Å²) >= 11 is 6.02. The second-order valence-corrected chi connectivity index (χ2v) is 6.49. The summed E-state index contributed by atoms with van der Waals surface area (Å²) in [6.45, 7) is 0. The van der Waals surface area contributed by atoms with Gasteiger partial charge in [-0.15, -0.1) is 0 Å². The molecule has 2 bridgehead atoms. The van der Waals surface area contributed by atoms with E-state index in [0.717, 1.165) is 19.3 Å². The van der Waals surface area contributed by atoms with Crippen LogP contribution in [-0.2, 0) is 11.2 Å². The molecule has 3 nitrogen and oxygen atoms in total. The van der Waals surface area contributed by atoms with E-state index in [1.165, 1.54) is 6.07 Å². The smallest absolute Gasteiger partial charge is 0.321 e. The number of hydrogen-bond donors (Lipinski definition) is 2. The molecule has 3 N–H and O–H groups in total. The summed E-state index contributed by atoms with van der Waals surface area (Å²) in [5, 5.41) is 9.41. The van der Waals surface area contributed by atoms with Crippen molar-refractivity contribution in [1.82, 2.24) is 0 Å². The number of aliphatic carboxylic acids is 1. The van der Waals surface area contributed by atoms with Crippen LogP contribution in [0.2, 0.25) is 5.02 Å². The third-order valence-corrected chi connectivity index (χ3v) is 5.07. The van der Waals surface area contributed by atoms with Crippen molar-refractivity contribution < 1.29 is 14.3 Å². The van der Waals surface area contributed by atoms with Crippen LogP contribution < -0.4 is 5.73 Å². The average Bonchev–Trinajstić information content (AvgIpc) is 2.23. The van der Waals surface area contributed by atoms with Crippen molar-refractivity contribution in [3.63, 3.8) is 0 Å². The molecule has 5 heteroatoms. The highest BCUT2D eigenvalue weighted by molar-refractivity contribution is 6.31. The Hall–Kier alpha value is -1.13. The molecule has 3 fully saturated rings. The van der Waals surface area contributed by atoms with Crippen LogP contribution in [0.5, 0.6) is 0 Å². The molecule has 1 unspecified atom stereocenters. The van der Waals surface area contributed by atoms with Crippen molar-refractivity contribution in [3.8, 4) is 0 Å². The molecule has 0 saturated heterocycles. The molecule has 4 rings (SSSR count). The molecule has 0 heterocycles. The number of carboxylic acid groups (broad SMARTS) is 1. The normalized spacial score (nSPS) is 33.2. The van der Waals surface area contributed by atoms with Gasteiger partial charge in [0.05, 0.1) is 0 Å². The monoisotopic (exact) mass is 283 g/mol. The maximum Gasteiger partial charge on any atom is 0.321 e. The van der Waals surface area contributed by atoms with Gasteiger partial charge in [0.2, 0.25) is 0 Å². The van der Waals surface area contributed by atoms with E-state index >= 15 is 0 Å². The van der Waals surface area contributed by atoms with Gasteiger partial charge in [-0.05, 0) is 48.6 Å². The minimum Gasteiger partial charge on any atom is -0.480 e. The summed E-state index contributed by atoms with van der Waals surface area (Å²) in [6, 6.07) is 3.88. The molecule has 0 aromatic heterocycles. The minimum atomic E-state index is -0.947. The van der Waals surface area contributed by atoms with Gasteiger partial charge in [-0.25, -0.2) is 4.39 Å². The van der Waals surface area contributed by atoms with Gasteiger partial charge in [0.15, 0.2) is 0 Å². The zero-order valence-corrected chi connectivity index (χ0v) is 11.1. The lowest BCUT2D eigenvalue weighted by Crippen LogP contribution is -2.71. The predicted molar refractivity (Wildman–Crippen MR) is 69.4 cm³/mol. The van der Waals surface area contributed by atoms with Crippen molar-refractivity contribution in [1.29, 1.82) is 0 Å². The Morgan fingerprint density at radius 3 is 2.63 bits per heavy atom. The van der Waals surface area contributed by atoms with Crippen LogP contribution in [0.4, 0.5) is 4.39 Å². The van der Waals surface area contributed by atoms with E-state index in [1.54, 1.807) is 12.1 Å². The SMILES string of the molecule is NC(C(=O)O)C12CC(Cc3c(F)cccc3Cl)(C1)C2. The third-order valence-electron chi connectivity index (χ3n) is 4.72. The Bertz CT molecular complexity index is 520. The summed E-state index contributed by atoms with van der Waals surface area (Å²) in [6.07, 6.45) is 2.86. The van der Waals surface area contributed by atoms with Crippen molar-refractivity contribution in [2.75, 3.05) is 0 Å². The topological polar surface area (TPSA) is 63.3 Å². The first-order valence-electron chi connectivity index (χ1n) is 6.29. The molecule has 0 radical (unpaired) electrons. The quantitative estimate of drug-likeness (QED) is 0.893. The van der Waals surface area contributed by atoms with Gasteiger partial charge >= 0.3 is 5.97 Å². The first-order valence-corrected chi connectivity index (χ1v) is 6.67. The molecule has 0 spiro atoms. The van der Waals surface area contributed by atoms with E-state index in [0.29, 0.717) is 17.0 Å². The predicted octanol–water partition coefficient (Wildman–Crippen LogP) is 2.60. The fourth-order valence-electron chi connectivity index (χ4n) is 3.94. The Labute approximate surface area is 115 Å². The van der Waals surface area contributed by atoms with Gasteiger partial charge in [0.1, 0.15) is 11.9 Å². The molecule has 19 heavy (non-hydrogen) atoms. The highest BCUT2D eigenvalue weighted by atomic mass is 35.5. The fourth-order valence-corrected chi connectivity index (χ4v) is 4.17. The van der Waals surface area contributed by atoms with E-state index in [9.17, 15) is 9.18 Å². The largest absolute Gasteiger partial charge is 0.480 e. The maximum absolute atomic E-state index is 13.7. The number of halogens is 2. The van der Waals surface area contributed by atoms with Gasteiger partial charge in [-0.2, -0.15) is 0 Å². The molecule has 0 amide bonds. The molecular formula is C14H15ClFNO2. The molecule has 3 aliphatic carbocycles. The molecule has 0 aliphatic heterocycles. The summed E-state index contributed by atoms with van der Waals surface area (Å²) in [5.74, 6) is -1.23. The number of hydrogen-bond acceptors (Lipinski definition) is 2. The summed E-state index contributed by atoms with van der Waals surface area (Å²) in [4.78, 5) is 10.9. The summed E-state index contributed by atoms with van der Waals surface area (Å²) in [7, 11) is 0. The van der Waals surface area contributed by atoms with Gasteiger partial charge in [-0.3, -0.25) is 4.79 Å². The number of benzene rings is 1. The van der Waals surface area contributed by atoms with Crippen LogP contribution in [0.15, 0.2) is 18.2 Å². The average molecular weight is 284 g/mol. The standard InChI is InChI=1S/C14H15ClFNO2/c15-9-2-1-3-10(16)8(9)4-13-5-14(6-13,7-13)11(17)12(18)19/h1-3,11H,4-7,17H2,(H,18,19). The number of carboxylic acids is 1. The fraction of sp³-hybridized carbons (Fsp3) is 0.500. The van der Waals surface area contributed by atoms with E-state index in [-0.39, 0.29) is 16.6 Å². The van der Waals surface area contributed by atoms with Crippen molar-refractivity contribution in [3.05, 3.63) is 34.6 Å². The highest BCUT2D eigenvalue weighted by Crippen LogP contribution is 2.75. The van der Waals surface area contributed by atoms with E-state index in [1.807, 2.05) is 0 Å². The molecule has 102 valence electrons. The molecule has 1 aromatic carbocycles. The highest BCUT2D eigenvalue weighted by Gasteiger charge is 2.70. The lowest BCUT2D eigenvalue weighted by atomic mass is 9.32. The second kappa shape index (κ2) is 3.93. The van der Waals surface area contributed by atoms with Crippen molar-refractivity contribution in [2.45, 2.75) is 31.7 Å². The Morgan fingerprint density at radius 1 is 1.47 bits per heavy atom. The lowest BCUT2D eigenvalue weighted by molar-refractivity contribution is -0.219. The van der Waals surface area contributed by atoms with E-state index in [4.69, 9.17) is 22.4 Å². The summed E-state index contributed by atoms with van der Waals surface area (Å²) < 4.78 is 13.7. The van der Waals surface area contributed by atoms with Crippen LogP contribution in [-0.4, -0.2) is 17.1 Å². The Kier molecular flexibility index (Phi) is 2.67. The van der Waals surface area contributed by atoms with Crippen molar-refractivity contribution in [2.24, 2.45) is 16.6 Å². The third kappa shape index (κ3) is 1.77. The number of nitrogens with two attached hydrogens (primary N) is 1. The lowest BCUT2D eigenvalue weighted by Gasteiger charge is -2.72. The molecule has 3 saturated carbocycles. The van der Waals surface area contributed by atoms with Crippen LogP contribution in [0.25, 0.3) is 0 Å². The van der Waals surface area contributed by atoms with E-state index < -0.39 is 12.0 Å². The van der Waals surface area contributed by atoms with Crippen LogP contribution in [0, 0.1) is 16.6 Å². The maximum atomic E-state index is 13.7. The first kappa shape index (κ1) is 12.9. The summed E-state index contributed by atoms with van der Waals surface area (Å²) in [5.41, 5.74) is 6.00. The van der Waals surface area contributed by atoms with Crippen LogP contribution in [0.3, 0.4) is 0 Å². The van der Waals surface area contributed by atoms with Gasteiger partial charge in [-0.1, -0.05) is 17.7 Å². The zero-order valence-electron chi connectivity index (χ0n) is 10.3. The van der Waals surface area contributed by atoms with E-state index in [2.05, 4.69) is 0 Å². The Balaban J connectivity index is 1.72. The zero-order chi connectivity index (χ0) is 13.8. The number of carbonyl (C=O) groups is 1. The molecule has 3 aliphatic rings. The van der Waals surface area contributed by atoms with Gasteiger partial charge in [0, 0.05) is 10.6 Å². The minimum absolute atomic E-state index is 0.0128. The Morgan fingerprint density at radius 2 is 2.11 bits per heavy atom. The van der Waals surface area contributed by atoms with Crippen LogP contribution >= 0.6 is 11.6 Å². The first-order chi connectivity index (χ1) is 8.88. The molecule has 1 aromatic rings. The molecular weight excluding hydrogens is 269 g/mol. The van der Waals surface area contributed by atoms with Gasteiger partial charge < -0.3 is 10.8 Å². The number of rotatable bonds is 4. The molecule has 1 atom stereocenters. The van der Waals surface area contributed by atoms with Crippen molar-refractivity contribution >= 4 is 17.6 Å². The van der Waals surface area contributed by atoms with Crippen LogP contribution in [0.1, 0.15) is 24.8 Å². The van der Waals surface area contributed by atoms with Gasteiger partial charge in [0.25, 0.3) is 0 Å².